The minimum absolute atomic E-state index is 0.0386. The Balaban J connectivity index is 1.74. The molecule has 1 fully saturated rings. The number of carbonyl (C=O) groups is 1. The molecule has 0 bridgehead atoms. The predicted molar refractivity (Wildman–Crippen MR) is 73.1 cm³/mol. The first-order chi connectivity index (χ1) is 8.81. The Bertz CT molecular complexity index is 359. The fourth-order valence-electron chi connectivity index (χ4n) is 2.26. The van der Waals surface area contributed by atoms with Gasteiger partial charge in [0.15, 0.2) is 0 Å². The first-order valence-electron chi connectivity index (χ1n) is 6.36. The van der Waals surface area contributed by atoms with Gasteiger partial charge >= 0.3 is 6.03 Å². The van der Waals surface area contributed by atoms with Crippen molar-refractivity contribution in [1.29, 1.82) is 0 Å². The van der Waals surface area contributed by atoms with Gasteiger partial charge in [-0.15, -0.1) is 11.3 Å². The highest BCUT2D eigenvalue weighted by Crippen LogP contribution is 2.30. The highest BCUT2D eigenvalue weighted by molar-refractivity contribution is 7.10. The number of amides is 2. The average molecular weight is 268 g/mol. The summed E-state index contributed by atoms with van der Waals surface area (Å²) >= 11 is 1.82. The molecule has 2 rings (SSSR count). The van der Waals surface area contributed by atoms with Crippen molar-refractivity contribution in [3.63, 3.8) is 0 Å². The summed E-state index contributed by atoms with van der Waals surface area (Å²) in [7, 11) is 1.64. The number of thiophene rings is 1. The van der Waals surface area contributed by atoms with Crippen molar-refractivity contribution < 1.29 is 9.53 Å². The summed E-state index contributed by atoms with van der Waals surface area (Å²) in [5, 5.41) is 4.99. The second kappa shape index (κ2) is 6.75. The van der Waals surface area contributed by atoms with E-state index in [2.05, 4.69) is 22.8 Å². The van der Waals surface area contributed by atoms with Crippen LogP contribution in [0.2, 0.25) is 0 Å². The van der Waals surface area contributed by atoms with Crippen LogP contribution in [0.4, 0.5) is 4.79 Å². The Labute approximate surface area is 112 Å². The standard InChI is InChI=1S/C13H20N2O2S/c1-17-9-6-14-13(16)15-7-4-11(5-8-15)12-3-2-10-18-12/h2-3,10-11H,4-9H2,1H3,(H,14,16). The van der Waals surface area contributed by atoms with Crippen molar-refractivity contribution in [3.05, 3.63) is 22.4 Å². The van der Waals surface area contributed by atoms with Gasteiger partial charge in [0.2, 0.25) is 0 Å². The molecule has 1 aliphatic heterocycles. The van der Waals surface area contributed by atoms with Gasteiger partial charge in [-0.05, 0) is 30.2 Å². The number of hydrogen-bond acceptors (Lipinski definition) is 3. The number of piperidine rings is 1. The number of likely N-dealkylation sites (tertiary alicyclic amines) is 1. The number of urea groups is 1. The lowest BCUT2D eigenvalue weighted by Crippen LogP contribution is -2.44. The zero-order valence-corrected chi connectivity index (χ0v) is 11.5. The number of rotatable bonds is 4. The van der Waals surface area contributed by atoms with Crippen molar-refractivity contribution in [3.8, 4) is 0 Å². The Morgan fingerprint density at radius 1 is 1.56 bits per heavy atom. The molecule has 1 aliphatic rings. The summed E-state index contributed by atoms with van der Waals surface area (Å²) in [5.74, 6) is 0.632. The average Bonchev–Trinajstić information content (AvgIpc) is 2.93. The number of methoxy groups -OCH3 is 1. The van der Waals surface area contributed by atoms with Crippen molar-refractivity contribution >= 4 is 17.4 Å². The minimum atomic E-state index is 0.0386. The van der Waals surface area contributed by atoms with E-state index in [1.165, 1.54) is 4.88 Å². The molecule has 1 aromatic heterocycles. The SMILES string of the molecule is COCCNC(=O)N1CCC(c2cccs2)CC1. The van der Waals surface area contributed by atoms with E-state index in [1.54, 1.807) is 7.11 Å². The van der Waals surface area contributed by atoms with E-state index in [9.17, 15) is 4.79 Å². The van der Waals surface area contributed by atoms with Crippen LogP contribution in [0.3, 0.4) is 0 Å². The van der Waals surface area contributed by atoms with Crippen LogP contribution in [0.5, 0.6) is 0 Å². The monoisotopic (exact) mass is 268 g/mol. The van der Waals surface area contributed by atoms with E-state index in [0.717, 1.165) is 25.9 Å². The van der Waals surface area contributed by atoms with E-state index >= 15 is 0 Å². The van der Waals surface area contributed by atoms with Crippen LogP contribution in [0.1, 0.15) is 23.6 Å². The summed E-state index contributed by atoms with van der Waals surface area (Å²) in [6, 6.07) is 4.34. The molecule has 0 radical (unpaired) electrons. The highest BCUT2D eigenvalue weighted by atomic mass is 32.1. The van der Waals surface area contributed by atoms with Gasteiger partial charge in [-0.25, -0.2) is 4.79 Å². The molecule has 5 heteroatoms. The molecule has 0 aromatic carbocycles. The molecule has 0 unspecified atom stereocenters. The van der Waals surface area contributed by atoms with Crippen molar-refractivity contribution in [2.45, 2.75) is 18.8 Å². The maximum Gasteiger partial charge on any atom is 0.317 e. The third kappa shape index (κ3) is 3.46. The second-order valence-electron chi connectivity index (χ2n) is 4.50. The third-order valence-electron chi connectivity index (χ3n) is 3.31. The zero-order chi connectivity index (χ0) is 12.8. The molecule has 1 aromatic rings. The minimum Gasteiger partial charge on any atom is -0.383 e. The molecule has 0 spiro atoms. The van der Waals surface area contributed by atoms with Gasteiger partial charge in [-0.1, -0.05) is 6.07 Å². The van der Waals surface area contributed by atoms with E-state index in [-0.39, 0.29) is 6.03 Å². The van der Waals surface area contributed by atoms with Crippen molar-refractivity contribution in [1.82, 2.24) is 10.2 Å². The van der Waals surface area contributed by atoms with E-state index < -0.39 is 0 Å². The Morgan fingerprint density at radius 3 is 2.94 bits per heavy atom. The lowest BCUT2D eigenvalue weighted by Gasteiger charge is -2.31. The zero-order valence-electron chi connectivity index (χ0n) is 10.7. The van der Waals surface area contributed by atoms with Crippen LogP contribution in [-0.4, -0.2) is 44.3 Å². The van der Waals surface area contributed by atoms with E-state index in [0.29, 0.717) is 19.1 Å². The van der Waals surface area contributed by atoms with Crippen LogP contribution < -0.4 is 5.32 Å². The fourth-order valence-corrected chi connectivity index (χ4v) is 3.16. The van der Waals surface area contributed by atoms with Gasteiger partial charge in [-0.3, -0.25) is 0 Å². The molecular weight excluding hydrogens is 248 g/mol. The number of nitrogens with zero attached hydrogens (tertiary/aromatic N) is 1. The van der Waals surface area contributed by atoms with E-state index in [1.807, 2.05) is 16.2 Å². The molecule has 1 N–H and O–H groups in total. The van der Waals surface area contributed by atoms with Crippen LogP contribution in [0, 0.1) is 0 Å². The number of carbonyl (C=O) groups excluding carboxylic acids is 1. The van der Waals surface area contributed by atoms with Crippen LogP contribution in [0.25, 0.3) is 0 Å². The molecular formula is C13H20N2O2S. The van der Waals surface area contributed by atoms with E-state index in [4.69, 9.17) is 4.74 Å². The van der Waals surface area contributed by atoms with Gasteiger partial charge in [0.05, 0.1) is 6.61 Å². The largest absolute Gasteiger partial charge is 0.383 e. The summed E-state index contributed by atoms with van der Waals surface area (Å²) in [6.07, 6.45) is 2.14. The fraction of sp³-hybridized carbons (Fsp3) is 0.615. The number of nitrogens with one attached hydrogen (secondary N) is 1. The Hall–Kier alpha value is -1.07. The van der Waals surface area contributed by atoms with Crippen LogP contribution >= 0.6 is 11.3 Å². The lowest BCUT2D eigenvalue weighted by atomic mass is 9.95. The van der Waals surface area contributed by atoms with Gasteiger partial charge in [0, 0.05) is 31.6 Å². The molecule has 2 heterocycles. The Morgan fingerprint density at radius 2 is 2.33 bits per heavy atom. The lowest BCUT2D eigenvalue weighted by molar-refractivity contribution is 0.169. The molecule has 0 atom stereocenters. The topological polar surface area (TPSA) is 41.6 Å². The maximum absolute atomic E-state index is 11.8. The molecule has 18 heavy (non-hydrogen) atoms. The second-order valence-corrected chi connectivity index (χ2v) is 5.48. The maximum atomic E-state index is 11.8. The molecule has 100 valence electrons. The molecule has 2 amide bonds. The van der Waals surface area contributed by atoms with Gasteiger partial charge in [0.25, 0.3) is 0 Å². The summed E-state index contributed by atoms with van der Waals surface area (Å²) in [5.41, 5.74) is 0. The van der Waals surface area contributed by atoms with Gasteiger partial charge in [-0.2, -0.15) is 0 Å². The molecule has 1 saturated heterocycles. The normalized spacial score (nSPS) is 16.8. The van der Waals surface area contributed by atoms with Crippen LogP contribution in [-0.2, 0) is 4.74 Å². The number of ether oxygens (including phenoxy) is 1. The molecule has 0 aliphatic carbocycles. The first-order valence-corrected chi connectivity index (χ1v) is 7.24. The molecule has 0 saturated carbocycles. The third-order valence-corrected chi connectivity index (χ3v) is 4.34. The smallest absolute Gasteiger partial charge is 0.317 e. The Kier molecular flexibility index (Phi) is 5.01. The summed E-state index contributed by atoms with van der Waals surface area (Å²) in [6.45, 7) is 2.85. The predicted octanol–water partition coefficient (Wildman–Crippen LogP) is 2.28. The van der Waals surface area contributed by atoms with Gasteiger partial charge < -0.3 is 15.0 Å². The first kappa shape index (κ1) is 13.4. The molecule has 4 nitrogen and oxygen atoms in total. The number of hydrogen-bond donors (Lipinski definition) is 1. The van der Waals surface area contributed by atoms with Crippen molar-refractivity contribution in [2.75, 3.05) is 33.4 Å². The highest BCUT2D eigenvalue weighted by Gasteiger charge is 2.23. The summed E-state index contributed by atoms with van der Waals surface area (Å²) in [4.78, 5) is 15.2. The van der Waals surface area contributed by atoms with Crippen molar-refractivity contribution in [2.24, 2.45) is 0 Å². The summed E-state index contributed by atoms with van der Waals surface area (Å²) < 4.78 is 4.91. The van der Waals surface area contributed by atoms with Gasteiger partial charge in [0.1, 0.15) is 0 Å². The quantitative estimate of drug-likeness (QED) is 0.851. The van der Waals surface area contributed by atoms with Crippen LogP contribution in [0.15, 0.2) is 17.5 Å².